The van der Waals surface area contributed by atoms with E-state index in [1.807, 2.05) is 24.3 Å². The van der Waals surface area contributed by atoms with E-state index in [1.54, 1.807) is 11.3 Å². The Hall–Kier alpha value is -0.900. The van der Waals surface area contributed by atoms with Crippen LogP contribution in [0.3, 0.4) is 0 Å². The average molecular weight is 307 g/mol. The van der Waals surface area contributed by atoms with Crippen molar-refractivity contribution in [3.8, 4) is 10.6 Å². The lowest BCUT2D eigenvalue weighted by Crippen LogP contribution is -2.24. The predicted octanol–water partition coefficient (Wildman–Crippen LogP) is 4.84. The Labute approximate surface area is 129 Å². The Balaban J connectivity index is 1.72. The smallest absolute Gasteiger partial charge is 0.125 e. The van der Waals surface area contributed by atoms with Crippen LogP contribution in [0.15, 0.2) is 29.6 Å². The molecule has 0 N–H and O–H groups in total. The topological polar surface area (TPSA) is 16.1 Å². The molecule has 1 saturated heterocycles. The first-order valence-electron chi connectivity index (χ1n) is 7.24. The predicted molar refractivity (Wildman–Crippen MR) is 86.3 cm³/mol. The molecule has 0 bridgehead atoms. The van der Waals surface area contributed by atoms with Crippen LogP contribution in [-0.4, -0.2) is 23.0 Å². The molecule has 0 atom stereocenters. The third-order valence-corrected chi connectivity index (χ3v) is 4.99. The molecule has 2 heterocycles. The summed E-state index contributed by atoms with van der Waals surface area (Å²) in [5.74, 6) is 0. The maximum Gasteiger partial charge on any atom is 0.125 e. The molecular formula is C16H19ClN2S. The van der Waals surface area contributed by atoms with Crippen LogP contribution in [0.4, 0.5) is 0 Å². The van der Waals surface area contributed by atoms with E-state index in [-0.39, 0.29) is 0 Å². The highest BCUT2D eigenvalue weighted by Crippen LogP contribution is 2.30. The third kappa shape index (κ3) is 3.40. The fraction of sp³-hybridized carbons (Fsp3) is 0.438. The Bertz CT molecular complexity index is 559. The van der Waals surface area contributed by atoms with E-state index < -0.39 is 0 Å². The zero-order chi connectivity index (χ0) is 13.8. The van der Waals surface area contributed by atoms with Gasteiger partial charge >= 0.3 is 0 Å². The number of thiazole rings is 1. The summed E-state index contributed by atoms with van der Waals surface area (Å²) in [6.07, 6.45) is 5.39. The van der Waals surface area contributed by atoms with Crippen molar-refractivity contribution < 1.29 is 0 Å². The number of nitrogens with zero attached hydrogens (tertiary/aromatic N) is 2. The van der Waals surface area contributed by atoms with Crippen LogP contribution in [-0.2, 0) is 6.54 Å². The lowest BCUT2D eigenvalue weighted by Gasteiger charge is -2.17. The van der Waals surface area contributed by atoms with Crippen LogP contribution < -0.4 is 0 Å². The highest BCUT2D eigenvalue weighted by atomic mass is 35.5. The van der Waals surface area contributed by atoms with Gasteiger partial charge < -0.3 is 0 Å². The quantitative estimate of drug-likeness (QED) is 0.806. The number of aromatic nitrogens is 1. The zero-order valence-electron chi connectivity index (χ0n) is 11.5. The van der Waals surface area contributed by atoms with Gasteiger partial charge in [0.2, 0.25) is 0 Å². The first-order valence-corrected chi connectivity index (χ1v) is 8.50. The summed E-state index contributed by atoms with van der Waals surface area (Å²) in [6.45, 7) is 3.39. The molecule has 0 spiro atoms. The third-order valence-electron chi connectivity index (χ3n) is 3.74. The molecule has 0 aliphatic carbocycles. The number of halogens is 1. The number of hydrogen-bond acceptors (Lipinski definition) is 3. The Morgan fingerprint density at radius 1 is 1.10 bits per heavy atom. The molecule has 4 heteroatoms. The second kappa shape index (κ2) is 6.70. The summed E-state index contributed by atoms with van der Waals surface area (Å²) in [7, 11) is 0. The van der Waals surface area contributed by atoms with Gasteiger partial charge in [0.1, 0.15) is 5.01 Å². The minimum Gasteiger partial charge on any atom is -0.297 e. The van der Waals surface area contributed by atoms with Crippen molar-refractivity contribution in [1.29, 1.82) is 0 Å². The van der Waals surface area contributed by atoms with E-state index in [1.165, 1.54) is 44.5 Å². The standard InChI is InChI=1S/C16H19ClN2S/c17-15-8-4-3-7-14(15)16-18-13(12-20-16)11-19-9-5-1-2-6-10-19/h3-4,7-8,12H,1-2,5-6,9-11H2. The monoisotopic (exact) mass is 306 g/mol. The van der Waals surface area contributed by atoms with Gasteiger partial charge in [-0.2, -0.15) is 0 Å². The largest absolute Gasteiger partial charge is 0.297 e. The fourth-order valence-corrected chi connectivity index (χ4v) is 3.79. The van der Waals surface area contributed by atoms with Crippen molar-refractivity contribution in [3.63, 3.8) is 0 Å². The molecular weight excluding hydrogens is 288 g/mol. The molecule has 1 aliphatic rings. The van der Waals surface area contributed by atoms with E-state index in [9.17, 15) is 0 Å². The molecule has 20 heavy (non-hydrogen) atoms. The van der Waals surface area contributed by atoms with E-state index in [4.69, 9.17) is 16.6 Å². The maximum absolute atomic E-state index is 6.24. The highest BCUT2D eigenvalue weighted by molar-refractivity contribution is 7.13. The van der Waals surface area contributed by atoms with E-state index in [0.29, 0.717) is 0 Å². The molecule has 2 nitrogen and oxygen atoms in total. The maximum atomic E-state index is 6.24. The van der Waals surface area contributed by atoms with Crippen molar-refractivity contribution in [2.45, 2.75) is 32.2 Å². The molecule has 0 radical (unpaired) electrons. The number of likely N-dealkylation sites (tertiary alicyclic amines) is 1. The Kier molecular flexibility index (Phi) is 4.71. The SMILES string of the molecule is Clc1ccccc1-c1nc(CN2CCCCCC2)cs1. The van der Waals surface area contributed by atoms with Gasteiger partial charge in [0.25, 0.3) is 0 Å². The van der Waals surface area contributed by atoms with E-state index in [2.05, 4.69) is 10.3 Å². The second-order valence-electron chi connectivity index (χ2n) is 5.31. The normalized spacial score (nSPS) is 17.1. The molecule has 2 aromatic rings. The summed E-state index contributed by atoms with van der Waals surface area (Å²) in [5.41, 5.74) is 2.22. The van der Waals surface area contributed by atoms with Crippen LogP contribution in [0.25, 0.3) is 10.6 Å². The van der Waals surface area contributed by atoms with Gasteiger partial charge in [0, 0.05) is 17.5 Å². The van der Waals surface area contributed by atoms with Gasteiger partial charge in [-0.25, -0.2) is 4.98 Å². The van der Waals surface area contributed by atoms with Crippen molar-refractivity contribution in [3.05, 3.63) is 40.4 Å². The molecule has 1 fully saturated rings. The molecule has 106 valence electrons. The van der Waals surface area contributed by atoms with Gasteiger partial charge in [-0.1, -0.05) is 42.6 Å². The number of benzene rings is 1. The summed E-state index contributed by atoms with van der Waals surface area (Å²) in [5, 5.41) is 3.98. The van der Waals surface area contributed by atoms with Crippen LogP contribution in [0, 0.1) is 0 Å². The fourth-order valence-electron chi connectivity index (χ4n) is 2.66. The zero-order valence-corrected chi connectivity index (χ0v) is 13.1. The van der Waals surface area contributed by atoms with Crippen LogP contribution >= 0.6 is 22.9 Å². The van der Waals surface area contributed by atoms with Gasteiger partial charge in [-0.05, 0) is 32.0 Å². The average Bonchev–Trinajstić information content (AvgIpc) is 2.75. The van der Waals surface area contributed by atoms with E-state index in [0.717, 1.165) is 22.1 Å². The highest BCUT2D eigenvalue weighted by Gasteiger charge is 2.13. The Morgan fingerprint density at radius 2 is 1.85 bits per heavy atom. The second-order valence-corrected chi connectivity index (χ2v) is 6.58. The molecule has 0 saturated carbocycles. The van der Waals surface area contributed by atoms with Crippen molar-refractivity contribution in [2.75, 3.05) is 13.1 Å². The van der Waals surface area contributed by atoms with Crippen molar-refractivity contribution >= 4 is 22.9 Å². The molecule has 1 aromatic carbocycles. The summed E-state index contributed by atoms with van der Waals surface area (Å²) >= 11 is 7.93. The first-order chi connectivity index (χ1) is 9.83. The van der Waals surface area contributed by atoms with Crippen LogP contribution in [0.2, 0.25) is 5.02 Å². The number of hydrogen-bond donors (Lipinski definition) is 0. The Morgan fingerprint density at radius 3 is 2.60 bits per heavy atom. The van der Waals surface area contributed by atoms with Crippen LogP contribution in [0.1, 0.15) is 31.4 Å². The van der Waals surface area contributed by atoms with Crippen molar-refractivity contribution in [2.24, 2.45) is 0 Å². The van der Waals surface area contributed by atoms with Gasteiger partial charge in [0.15, 0.2) is 0 Å². The van der Waals surface area contributed by atoms with Gasteiger partial charge in [-0.15, -0.1) is 11.3 Å². The molecule has 3 rings (SSSR count). The van der Waals surface area contributed by atoms with Gasteiger partial charge in [-0.3, -0.25) is 4.90 Å². The summed E-state index contributed by atoms with van der Waals surface area (Å²) in [6, 6.07) is 7.93. The summed E-state index contributed by atoms with van der Waals surface area (Å²) in [4.78, 5) is 7.28. The molecule has 1 aromatic heterocycles. The minimum atomic E-state index is 0.781. The molecule has 0 unspecified atom stereocenters. The first kappa shape index (κ1) is 14.1. The van der Waals surface area contributed by atoms with Gasteiger partial charge in [0.05, 0.1) is 10.7 Å². The lowest BCUT2D eigenvalue weighted by molar-refractivity contribution is 0.274. The molecule has 1 aliphatic heterocycles. The van der Waals surface area contributed by atoms with Crippen LogP contribution in [0.5, 0.6) is 0 Å². The minimum absolute atomic E-state index is 0.781. The summed E-state index contributed by atoms with van der Waals surface area (Å²) < 4.78 is 0. The molecule has 0 amide bonds. The van der Waals surface area contributed by atoms with E-state index >= 15 is 0 Å². The number of rotatable bonds is 3. The van der Waals surface area contributed by atoms with Crippen molar-refractivity contribution in [1.82, 2.24) is 9.88 Å². The lowest BCUT2D eigenvalue weighted by atomic mass is 10.2.